The maximum absolute atomic E-state index is 9.38. The van der Waals surface area contributed by atoms with Crippen LogP contribution < -0.4 is 0 Å². The topological polar surface area (TPSA) is 13.1 Å². The molecule has 1 heteroatoms. The van der Waals surface area contributed by atoms with Gasteiger partial charge in [0.05, 0.1) is 11.0 Å². The first-order valence-electron chi connectivity index (χ1n) is 20.9. The van der Waals surface area contributed by atoms with Crippen LogP contribution in [-0.4, -0.2) is 0 Å². The third kappa shape index (κ3) is 4.22. The van der Waals surface area contributed by atoms with E-state index in [0.29, 0.717) is 22.3 Å². The largest absolute Gasteiger partial charge is 0.455 e. The summed E-state index contributed by atoms with van der Waals surface area (Å²) >= 11 is 0. The summed E-state index contributed by atoms with van der Waals surface area (Å²) in [7, 11) is 0. The third-order valence-electron chi connectivity index (χ3n) is 10.3. The number of hydrogen-bond acceptors (Lipinski definition) is 1. The van der Waals surface area contributed by atoms with E-state index in [1.54, 1.807) is 0 Å². The molecule has 51 heavy (non-hydrogen) atoms. The molecule has 0 bridgehead atoms. The second-order valence-corrected chi connectivity index (χ2v) is 13.0. The quantitative estimate of drug-likeness (QED) is 0.173. The molecule has 1 nitrogen and oxygen atoms in total. The van der Waals surface area contributed by atoms with Gasteiger partial charge in [-0.3, -0.25) is 0 Å². The molecular formula is C50H30O. The first-order valence-corrected chi connectivity index (χ1v) is 16.9. The fraction of sp³-hybridized carbons (Fsp3) is 0. The van der Waals surface area contributed by atoms with Gasteiger partial charge < -0.3 is 4.42 Å². The van der Waals surface area contributed by atoms with Gasteiger partial charge in [0.2, 0.25) is 0 Å². The van der Waals surface area contributed by atoms with E-state index in [9.17, 15) is 5.48 Å². The van der Waals surface area contributed by atoms with Gasteiger partial charge in [-0.1, -0.05) is 158 Å². The van der Waals surface area contributed by atoms with Gasteiger partial charge in [-0.05, 0) is 106 Å². The smallest absolute Gasteiger partial charge is 0.143 e. The maximum atomic E-state index is 9.38. The lowest BCUT2D eigenvalue weighted by Gasteiger charge is -2.19. The number of furan rings is 1. The lowest BCUT2D eigenvalue weighted by molar-refractivity contribution is 0.673. The van der Waals surface area contributed by atoms with E-state index in [4.69, 9.17) is 9.90 Å². The van der Waals surface area contributed by atoms with Gasteiger partial charge in [-0.25, -0.2) is 0 Å². The van der Waals surface area contributed by atoms with Crippen molar-refractivity contribution in [3.05, 3.63) is 182 Å². The van der Waals surface area contributed by atoms with Gasteiger partial charge in [0, 0.05) is 16.2 Å². The van der Waals surface area contributed by atoms with E-state index in [-0.39, 0.29) is 45.7 Å². The molecule has 0 aliphatic heterocycles. The van der Waals surface area contributed by atoms with Crippen molar-refractivity contribution in [3.8, 4) is 33.4 Å². The van der Waals surface area contributed by atoms with Crippen LogP contribution in [0.15, 0.2) is 186 Å². The summed E-state index contributed by atoms with van der Waals surface area (Å²) in [5, 5.41) is 8.45. The SMILES string of the molecule is [2H]c1c([2H])c([2H])c2c(-c3cccc4ccccc34)c3c([2H])c([2H])c([2H])c([2H])c3c(-c3ccc4cc(-c5cccc6oc7c8ccccc8ccc7c56)ccc4c3)c2c1[2H]. The monoisotopic (exact) mass is 654 g/mol. The maximum Gasteiger partial charge on any atom is 0.143 e. The first kappa shape index (κ1) is 21.4. The molecule has 0 saturated carbocycles. The Morgan fingerprint density at radius 3 is 1.67 bits per heavy atom. The molecule has 0 aliphatic carbocycles. The summed E-state index contributed by atoms with van der Waals surface area (Å²) in [6.45, 7) is 0. The lowest BCUT2D eigenvalue weighted by atomic mass is 9.84. The molecule has 0 unspecified atom stereocenters. The van der Waals surface area contributed by atoms with Gasteiger partial charge in [-0.2, -0.15) is 0 Å². The minimum absolute atomic E-state index is 0.193. The van der Waals surface area contributed by atoms with Crippen molar-refractivity contribution in [3.63, 3.8) is 0 Å². The van der Waals surface area contributed by atoms with Crippen LogP contribution >= 0.6 is 0 Å². The molecule has 11 aromatic rings. The van der Waals surface area contributed by atoms with E-state index in [1.165, 1.54) is 0 Å². The van der Waals surface area contributed by atoms with E-state index in [1.807, 2.05) is 91.0 Å². The van der Waals surface area contributed by atoms with Gasteiger partial charge in [-0.15, -0.1) is 0 Å². The van der Waals surface area contributed by atoms with Gasteiger partial charge >= 0.3 is 0 Å². The summed E-state index contributed by atoms with van der Waals surface area (Å²) in [4.78, 5) is 0. The van der Waals surface area contributed by atoms with Crippen molar-refractivity contribution in [1.82, 2.24) is 0 Å². The number of fused-ring (bicyclic) bond motifs is 9. The predicted octanol–water partition coefficient (Wildman–Crippen LogP) is 14.4. The molecular weight excluding hydrogens is 617 g/mol. The normalized spacial score (nSPS) is 14.1. The van der Waals surface area contributed by atoms with Crippen molar-refractivity contribution in [2.24, 2.45) is 0 Å². The zero-order valence-electron chi connectivity index (χ0n) is 35.1. The molecule has 0 N–H and O–H groups in total. The molecule has 0 spiro atoms. The van der Waals surface area contributed by atoms with E-state index in [0.717, 1.165) is 65.4 Å². The van der Waals surface area contributed by atoms with Crippen LogP contribution in [0, 0.1) is 0 Å². The minimum atomic E-state index is -0.424. The minimum Gasteiger partial charge on any atom is -0.455 e. The van der Waals surface area contributed by atoms with Crippen LogP contribution in [0.1, 0.15) is 11.0 Å². The molecule has 236 valence electrons. The van der Waals surface area contributed by atoms with Gasteiger partial charge in [0.15, 0.2) is 0 Å². The molecule has 0 amide bonds. The Morgan fingerprint density at radius 1 is 0.373 bits per heavy atom. The average molecular weight is 655 g/mol. The Kier molecular flexibility index (Phi) is 4.57. The van der Waals surface area contributed by atoms with Crippen LogP contribution in [-0.2, 0) is 0 Å². The van der Waals surface area contributed by atoms with Crippen LogP contribution in [0.2, 0.25) is 0 Å². The molecule has 11 rings (SSSR count). The lowest BCUT2D eigenvalue weighted by Crippen LogP contribution is -1.91. The molecule has 0 atom stereocenters. The first-order chi connectivity index (χ1) is 28.6. The standard InChI is InChI=1S/C50H30O/c1-3-14-37-31(11-1)13-9-21-40(37)48-43-18-7-5-16-41(43)47(42-17-6-8-19-44(42)48)36-26-24-33-29-35(25-23-34(33)30-36)38-20-10-22-46-49(38)45-28-27-32-12-2-4-15-39(32)50(45)51-46/h1-30H/i5D,6D,7D,8D,16D,17D,18D,19D. The van der Waals surface area contributed by atoms with Gasteiger partial charge in [0.1, 0.15) is 11.2 Å². The number of rotatable bonds is 3. The number of benzene rings is 10. The number of hydrogen-bond donors (Lipinski definition) is 0. The summed E-state index contributed by atoms with van der Waals surface area (Å²) in [6.07, 6.45) is 0. The van der Waals surface area contributed by atoms with E-state index < -0.39 is 24.2 Å². The zero-order chi connectivity index (χ0) is 40.4. The van der Waals surface area contributed by atoms with Crippen molar-refractivity contribution in [2.75, 3.05) is 0 Å². The van der Waals surface area contributed by atoms with Crippen LogP contribution in [0.4, 0.5) is 0 Å². The Bertz CT molecular complexity index is 3580. The van der Waals surface area contributed by atoms with Crippen molar-refractivity contribution < 1.29 is 15.4 Å². The molecule has 0 radical (unpaired) electrons. The molecule has 1 heterocycles. The van der Waals surface area contributed by atoms with Gasteiger partial charge in [0.25, 0.3) is 0 Å². The molecule has 0 fully saturated rings. The van der Waals surface area contributed by atoms with Crippen molar-refractivity contribution in [2.45, 2.75) is 0 Å². The molecule has 0 saturated heterocycles. The van der Waals surface area contributed by atoms with Crippen LogP contribution in [0.5, 0.6) is 0 Å². The highest BCUT2D eigenvalue weighted by Gasteiger charge is 2.19. The highest BCUT2D eigenvalue weighted by Crippen LogP contribution is 2.46. The predicted molar refractivity (Wildman–Crippen MR) is 218 cm³/mol. The zero-order valence-corrected chi connectivity index (χ0v) is 27.1. The fourth-order valence-corrected chi connectivity index (χ4v) is 7.99. The van der Waals surface area contributed by atoms with Crippen molar-refractivity contribution in [1.29, 1.82) is 0 Å². The summed E-state index contributed by atoms with van der Waals surface area (Å²) in [5.41, 5.74) is 5.50. The van der Waals surface area contributed by atoms with E-state index in [2.05, 4.69) is 42.5 Å². The fourth-order valence-electron chi connectivity index (χ4n) is 7.99. The third-order valence-corrected chi connectivity index (χ3v) is 10.3. The Labute approximate surface area is 305 Å². The van der Waals surface area contributed by atoms with Crippen LogP contribution in [0.25, 0.3) is 109 Å². The second-order valence-electron chi connectivity index (χ2n) is 13.0. The second kappa shape index (κ2) is 10.9. The van der Waals surface area contributed by atoms with Crippen molar-refractivity contribution >= 4 is 75.8 Å². The molecule has 10 aromatic carbocycles. The highest BCUT2D eigenvalue weighted by molar-refractivity contribution is 6.24. The summed E-state index contributed by atoms with van der Waals surface area (Å²) in [5.74, 6) is 0. The molecule has 1 aromatic heterocycles. The Balaban J connectivity index is 1.20. The summed E-state index contributed by atoms with van der Waals surface area (Å²) in [6, 6.07) is 41.0. The Hall–Kier alpha value is -6.70. The highest BCUT2D eigenvalue weighted by atomic mass is 16.3. The Morgan fingerprint density at radius 2 is 0.922 bits per heavy atom. The molecule has 0 aliphatic rings. The van der Waals surface area contributed by atoms with E-state index >= 15 is 0 Å². The average Bonchev–Trinajstić information content (AvgIpc) is 3.67. The summed E-state index contributed by atoms with van der Waals surface area (Å²) < 4.78 is 79.2. The van der Waals surface area contributed by atoms with Crippen LogP contribution in [0.3, 0.4) is 0 Å².